The van der Waals surface area contributed by atoms with Crippen molar-refractivity contribution < 1.29 is 14.0 Å². The normalized spacial score (nSPS) is 20.8. The number of aromatic nitrogens is 1. The Bertz CT molecular complexity index is 819. The van der Waals surface area contributed by atoms with Gasteiger partial charge in [-0.15, -0.1) is 0 Å². The van der Waals surface area contributed by atoms with Gasteiger partial charge < -0.3 is 9.16 Å². The summed E-state index contributed by atoms with van der Waals surface area (Å²) >= 11 is 0. The van der Waals surface area contributed by atoms with E-state index in [1.165, 1.54) is 30.5 Å². The lowest BCUT2D eigenvalue weighted by Crippen LogP contribution is -2.46. The zero-order chi connectivity index (χ0) is 22.5. The number of nitrogens with zero attached hydrogens (tertiary/aromatic N) is 1. The average Bonchev–Trinajstić information content (AvgIpc) is 2.58. The topological polar surface area (TPSA) is 48.4 Å². The van der Waals surface area contributed by atoms with Gasteiger partial charge in [0.1, 0.15) is 0 Å². The van der Waals surface area contributed by atoms with Gasteiger partial charge in [0.15, 0.2) is 8.32 Å². The van der Waals surface area contributed by atoms with E-state index in [0.717, 1.165) is 24.1 Å². The van der Waals surface area contributed by atoms with Crippen molar-refractivity contribution in [3.63, 3.8) is 0 Å². The van der Waals surface area contributed by atoms with Crippen molar-refractivity contribution in [2.45, 2.75) is 111 Å². The molecule has 0 amide bonds. The number of ether oxygens (including phenoxy) is 1. The molecule has 1 aromatic heterocycles. The van der Waals surface area contributed by atoms with Gasteiger partial charge in [0.25, 0.3) is 0 Å². The predicted octanol–water partition coefficient (Wildman–Crippen LogP) is 6.87. The van der Waals surface area contributed by atoms with Gasteiger partial charge in [0.2, 0.25) is 0 Å². The molecule has 168 valence electrons. The van der Waals surface area contributed by atoms with Crippen molar-refractivity contribution >= 4 is 14.3 Å². The Balaban J connectivity index is 2.16. The Morgan fingerprint density at radius 1 is 1.27 bits per heavy atom. The summed E-state index contributed by atoms with van der Waals surface area (Å²) in [5, 5.41) is 0.139. The van der Waals surface area contributed by atoms with Crippen molar-refractivity contribution in [3.05, 3.63) is 28.1 Å². The van der Waals surface area contributed by atoms with Gasteiger partial charge in [-0.25, -0.2) is 4.79 Å². The second-order valence-electron chi connectivity index (χ2n) is 11.3. The van der Waals surface area contributed by atoms with E-state index in [1.54, 1.807) is 0 Å². The monoisotopic (exact) mass is 431 g/mol. The Kier molecular flexibility index (Phi) is 6.29. The minimum atomic E-state index is -1.97. The summed E-state index contributed by atoms with van der Waals surface area (Å²) in [6.45, 7) is 20.1. The van der Waals surface area contributed by atoms with Crippen molar-refractivity contribution in [1.82, 2.24) is 4.98 Å². The predicted molar refractivity (Wildman–Crippen MR) is 125 cm³/mol. The largest absolute Gasteiger partial charge is 0.462 e. The number of pyridine rings is 1. The fourth-order valence-corrected chi connectivity index (χ4v) is 6.12. The molecule has 1 saturated carbocycles. The van der Waals surface area contributed by atoms with Crippen molar-refractivity contribution in [2.75, 3.05) is 6.61 Å². The lowest BCUT2D eigenvalue weighted by Gasteiger charge is -2.50. The summed E-state index contributed by atoms with van der Waals surface area (Å²) in [6.07, 6.45) is 5.93. The van der Waals surface area contributed by atoms with Gasteiger partial charge in [-0.2, -0.15) is 0 Å². The maximum atomic E-state index is 12.9. The van der Waals surface area contributed by atoms with Crippen LogP contribution in [-0.4, -0.2) is 25.9 Å². The molecule has 5 heteroatoms. The quantitative estimate of drug-likeness (QED) is 0.377. The minimum Gasteiger partial charge on any atom is -0.462 e. The zero-order valence-corrected chi connectivity index (χ0v) is 21.6. The third-order valence-electron chi connectivity index (χ3n) is 7.77. The molecule has 0 bridgehead atoms. The Hall–Kier alpha value is -1.20. The number of fused-ring (bicyclic) bond motifs is 1. The number of carbonyl (C=O) groups excluding carboxylic acids is 1. The fraction of sp³-hybridized carbons (Fsp3) is 0.760. The van der Waals surface area contributed by atoms with E-state index in [1.807, 2.05) is 6.92 Å². The SMILES string of the molecule is CCOC(=O)c1c(C(C)C)nc2c(c1C)C(O[Si](C)(C)C(C)(C)C)CC1(CCC1)C2. The Morgan fingerprint density at radius 3 is 2.37 bits per heavy atom. The lowest BCUT2D eigenvalue weighted by atomic mass is 9.59. The molecule has 30 heavy (non-hydrogen) atoms. The van der Waals surface area contributed by atoms with Gasteiger partial charge in [0, 0.05) is 11.3 Å². The zero-order valence-electron chi connectivity index (χ0n) is 20.6. The highest BCUT2D eigenvalue weighted by atomic mass is 28.4. The van der Waals surface area contributed by atoms with Crippen LogP contribution in [0.4, 0.5) is 0 Å². The average molecular weight is 432 g/mol. The van der Waals surface area contributed by atoms with Crippen LogP contribution in [0.3, 0.4) is 0 Å². The fourth-order valence-electron chi connectivity index (χ4n) is 4.86. The Morgan fingerprint density at radius 2 is 1.90 bits per heavy atom. The van der Waals surface area contributed by atoms with Gasteiger partial charge in [-0.05, 0) is 74.6 Å². The second-order valence-corrected chi connectivity index (χ2v) is 16.1. The van der Waals surface area contributed by atoms with Crippen LogP contribution in [0.1, 0.15) is 112 Å². The summed E-state index contributed by atoms with van der Waals surface area (Å²) in [4.78, 5) is 18.1. The molecule has 1 heterocycles. The summed E-state index contributed by atoms with van der Waals surface area (Å²) in [7, 11) is -1.97. The van der Waals surface area contributed by atoms with Gasteiger partial charge in [-0.1, -0.05) is 41.0 Å². The van der Waals surface area contributed by atoms with E-state index in [-0.39, 0.29) is 23.0 Å². The standard InChI is InChI=1S/C25H41NO3Si/c1-10-28-23(27)21-17(4)20-18(26-22(21)16(2)3)14-25(12-11-13-25)15-19(20)29-30(8,9)24(5,6)7/h16,19H,10-15H2,1-9H3. The highest BCUT2D eigenvalue weighted by Gasteiger charge is 2.48. The van der Waals surface area contributed by atoms with Crippen LogP contribution in [-0.2, 0) is 15.6 Å². The number of rotatable bonds is 5. The van der Waals surface area contributed by atoms with Crippen molar-refractivity contribution in [3.8, 4) is 0 Å². The molecule has 0 aliphatic heterocycles. The molecule has 0 radical (unpaired) electrons. The molecule has 1 atom stereocenters. The molecule has 0 N–H and O–H groups in total. The molecular formula is C25H41NO3Si. The first-order valence-corrected chi connectivity index (χ1v) is 14.6. The van der Waals surface area contributed by atoms with Gasteiger partial charge in [-0.3, -0.25) is 4.98 Å². The number of hydrogen-bond acceptors (Lipinski definition) is 4. The summed E-state index contributed by atoms with van der Waals surface area (Å²) in [5.41, 5.74) is 5.24. The van der Waals surface area contributed by atoms with Crippen LogP contribution in [0.15, 0.2) is 0 Å². The smallest absolute Gasteiger partial charge is 0.340 e. The molecule has 1 spiro atoms. The molecule has 2 aliphatic carbocycles. The minimum absolute atomic E-state index is 0.0248. The maximum Gasteiger partial charge on any atom is 0.340 e. The number of hydrogen-bond donors (Lipinski definition) is 0. The maximum absolute atomic E-state index is 12.9. The molecule has 2 aliphatic rings. The highest BCUT2D eigenvalue weighted by Crippen LogP contribution is 2.56. The van der Waals surface area contributed by atoms with Crippen LogP contribution >= 0.6 is 0 Å². The molecule has 1 unspecified atom stereocenters. The molecule has 0 saturated heterocycles. The molecular weight excluding hydrogens is 390 g/mol. The van der Waals surface area contributed by atoms with Gasteiger partial charge >= 0.3 is 5.97 Å². The third kappa shape index (κ3) is 4.12. The van der Waals surface area contributed by atoms with E-state index in [0.29, 0.717) is 17.6 Å². The molecule has 4 nitrogen and oxygen atoms in total. The number of esters is 1. The first-order valence-electron chi connectivity index (χ1n) is 11.7. The van der Waals surface area contributed by atoms with Crippen LogP contribution in [0.25, 0.3) is 0 Å². The molecule has 1 aromatic rings. The van der Waals surface area contributed by atoms with E-state index >= 15 is 0 Å². The molecule has 0 aromatic carbocycles. The van der Waals surface area contributed by atoms with Crippen LogP contribution in [0, 0.1) is 12.3 Å². The molecule has 3 rings (SSSR count). The van der Waals surface area contributed by atoms with E-state index in [2.05, 4.69) is 54.6 Å². The first kappa shape index (κ1) is 23.5. The highest BCUT2D eigenvalue weighted by molar-refractivity contribution is 6.74. The van der Waals surface area contributed by atoms with E-state index in [4.69, 9.17) is 14.1 Å². The van der Waals surface area contributed by atoms with Crippen LogP contribution in [0.5, 0.6) is 0 Å². The Labute approximate surface area is 184 Å². The van der Waals surface area contributed by atoms with Crippen LogP contribution in [0.2, 0.25) is 18.1 Å². The molecule has 1 fully saturated rings. The van der Waals surface area contributed by atoms with Crippen molar-refractivity contribution in [1.29, 1.82) is 0 Å². The lowest BCUT2D eigenvalue weighted by molar-refractivity contribution is 0.0294. The first-order chi connectivity index (χ1) is 13.8. The van der Waals surface area contributed by atoms with Crippen molar-refractivity contribution in [2.24, 2.45) is 5.41 Å². The van der Waals surface area contributed by atoms with Gasteiger partial charge in [0.05, 0.1) is 24.0 Å². The third-order valence-corrected chi connectivity index (χ3v) is 12.3. The summed E-state index contributed by atoms with van der Waals surface area (Å²) < 4.78 is 12.5. The summed E-state index contributed by atoms with van der Waals surface area (Å²) in [5.74, 6) is -0.0727. The van der Waals surface area contributed by atoms with E-state index in [9.17, 15) is 4.79 Å². The van der Waals surface area contributed by atoms with Crippen LogP contribution < -0.4 is 0 Å². The number of carbonyl (C=O) groups is 1. The second kappa shape index (κ2) is 8.05. The van der Waals surface area contributed by atoms with E-state index < -0.39 is 8.32 Å². The summed E-state index contributed by atoms with van der Waals surface area (Å²) in [6, 6.07) is 0.